The zero-order valence-corrected chi connectivity index (χ0v) is 20.9. The van der Waals surface area contributed by atoms with Gasteiger partial charge in [-0.3, -0.25) is 0 Å². The molecule has 2 aromatic carbocycles. The van der Waals surface area contributed by atoms with E-state index >= 15 is 0 Å². The van der Waals surface area contributed by atoms with Gasteiger partial charge in [0, 0.05) is 37.7 Å². The van der Waals surface area contributed by atoms with Crippen molar-refractivity contribution in [3.8, 4) is 17.1 Å². The van der Waals surface area contributed by atoms with Crippen LogP contribution in [-0.2, 0) is 10.9 Å². The highest BCUT2D eigenvalue weighted by molar-refractivity contribution is 5.75. The van der Waals surface area contributed by atoms with Gasteiger partial charge in [0.1, 0.15) is 5.75 Å². The van der Waals surface area contributed by atoms with Crippen LogP contribution < -0.4 is 4.74 Å². The molecule has 2 aliphatic heterocycles. The lowest BCUT2D eigenvalue weighted by molar-refractivity contribution is -0.274. The third kappa shape index (κ3) is 6.49. The van der Waals surface area contributed by atoms with Crippen LogP contribution in [0.5, 0.6) is 5.75 Å². The first kappa shape index (κ1) is 27.7. The Balaban J connectivity index is 1.40. The van der Waals surface area contributed by atoms with Crippen molar-refractivity contribution in [3.63, 3.8) is 0 Å². The fourth-order valence-corrected chi connectivity index (χ4v) is 4.92. The molecule has 0 radical (unpaired) electrons. The molecule has 2 amide bonds. The van der Waals surface area contributed by atoms with Crippen LogP contribution >= 0.6 is 0 Å². The average molecular weight is 570 g/mol. The topological polar surface area (TPSA) is 80.9 Å². The van der Waals surface area contributed by atoms with Crippen molar-refractivity contribution < 1.29 is 45.1 Å². The second kappa shape index (κ2) is 11.0. The quantitative estimate of drug-likeness (QED) is 0.376. The molecule has 5 rings (SSSR count). The minimum Gasteiger partial charge on any atom is -0.406 e. The monoisotopic (exact) mass is 570 g/mol. The number of likely N-dealkylation sites (tertiary alicyclic amines) is 1. The smallest absolute Gasteiger partial charge is 0.406 e. The molecule has 40 heavy (non-hydrogen) atoms. The van der Waals surface area contributed by atoms with Crippen LogP contribution in [0.15, 0.2) is 53.1 Å². The molecule has 214 valence electrons. The number of carbonyl (C=O) groups is 1. The maximum absolute atomic E-state index is 13.4. The largest absolute Gasteiger partial charge is 0.573 e. The molecular formula is C26H24F6N4O4. The van der Waals surface area contributed by atoms with E-state index in [4.69, 9.17) is 9.26 Å². The number of benzene rings is 2. The molecule has 0 saturated carbocycles. The number of aromatic nitrogens is 2. The molecule has 2 fully saturated rings. The fraction of sp³-hybridized carbons (Fsp3) is 0.423. The molecule has 3 aromatic rings. The van der Waals surface area contributed by atoms with E-state index in [9.17, 15) is 31.1 Å². The van der Waals surface area contributed by atoms with E-state index in [1.807, 2.05) is 0 Å². The number of rotatable bonds is 4. The third-order valence-electron chi connectivity index (χ3n) is 6.83. The van der Waals surface area contributed by atoms with Crippen LogP contribution in [0.4, 0.5) is 31.1 Å². The Kier molecular flexibility index (Phi) is 7.62. The Hall–Kier alpha value is -3.81. The van der Waals surface area contributed by atoms with E-state index in [-0.39, 0.29) is 41.5 Å². The molecule has 0 bridgehead atoms. The first-order valence-corrected chi connectivity index (χ1v) is 12.4. The summed E-state index contributed by atoms with van der Waals surface area (Å²) < 4.78 is 92.1. The normalized spacial score (nSPS) is 20.4. The van der Waals surface area contributed by atoms with Gasteiger partial charge in [0.2, 0.25) is 11.7 Å². The predicted octanol–water partition coefficient (Wildman–Crippen LogP) is 5.68. The predicted molar refractivity (Wildman–Crippen MR) is 127 cm³/mol. The summed E-state index contributed by atoms with van der Waals surface area (Å²) in [6.07, 6.45) is -8.95. The standard InChI is InChI=1S/C26H24F6N4O4/c27-25(28,29)20-3-1-2-17(13-20)22-33-23(40-34-22)19-12-18(16-4-6-21(7-5-16)39-26(30,31)32)14-36(15-19)24(37)35-8-10-38-11-9-35/h1-7,13,18-19H,8-12,14-15H2. The maximum Gasteiger partial charge on any atom is 0.573 e. The number of morpholine rings is 1. The van der Waals surface area contributed by atoms with Crippen LogP contribution in [0.25, 0.3) is 11.4 Å². The van der Waals surface area contributed by atoms with E-state index in [2.05, 4.69) is 14.9 Å². The molecule has 8 nitrogen and oxygen atoms in total. The first-order valence-electron chi connectivity index (χ1n) is 12.4. The van der Waals surface area contributed by atoms with Crippen molar-refractivity contribution in [1.82, 2.24) is 19.9 Å². The Labute approximate surface area is 224 Å². The lowest BCUT2D eigenvalue weighted by atomic mass is 9.84. The number of alkyl halides is 6. The molecule has 0 N–H and O–H groups in total. The molecule has 0 aliphatic carbocycles. The first-order chi connectivity index (χ1) is 19.0. The van der Waals surface area contributed by atoms with Gasteiger partial charge in [-0.2, -0.15) is 18.2 Å². The van der Waals surface area contributed by atoms with Crippen molar-refractivity contribution in [2.24, 2.45) is 0 Å². The number of ether oxygens (including phenoxy) is 2. The highest BCUT2D eigenvalue weighted by Crippen LogP contribution is 2.38. The Morgan fingerprint density at radius 3 is 2.30 bits per heavy atom. The summed E-state index contributed by atoms with van der Waals surface area (Å²) >= 11 is 0. The van der Waals surface area contributed by atoms with Gasteiger partial charge in [0.15, 0.2) is 0 Å². The van der Waals surface area contributed by atoms with E-state index < -0.39 is 24.0 Å². The summed E-state index contributed by atoms with van der Waals surface area (Å²) in [7, 11) is 0. The zero-order chi connectivity index (χ0) is 28.5. The number of carbonyl (C=O) groups excluding carboxylic acids is 1. The molecule has 14 heteroatoms. The number of hydrogen-bond donors (Lipinski definition) is 0. The van der Waals surface area contributed by atoms with E-state index in [0.29, 0.717) is 44.8 Å². The Morgan fingerprint density at radius 1 is 0.925 bits per heavy atom. The van der Waals surface area contributed by atoms with Crippen LogP contribution in [0.1, 0.15) is 35.3 Å². The molecule has 2 saturated heterocycles. The molecule has 2 aliphatic rings. The second-order valence-corrected chi connectivity index (χ2v) is 9.57. The van der Waals surface area contributed by atoms with Crippen molar-refractivity contribution >= 4 is 6.03 Å². The van der Waals surface area contributed by atoms with Crippen molar-refractivity contribution in [3.05, 3.63) is 65.5 Å². The molecule has 2 unspecified atom stereocenters. The number of urea groups is 1. The van der Waals surface area contributed by atoms with Gasteiger partial charge in [-0.15, -0.1) is 13.2 Å². The summed E-state index contributed by atoms with van der Waals surface area (Å²) in [4.78, 5) is 21.0. The lowest BCUT2D eigenvalue weighted by Gasteiger charge is -2.40. The van der Waals surface area contributed by atoms with Gasteiger partial charge in [0.25, 0.3) is 0 Å². The highest BCUT2D eigenvalue weighted by Gasteiger charge is 2.37. The second-order valence-electron chi connectivity index (χ2n) is 9.57. The number of hydrogen-bond acceptors (Lipinski definition) is 6. The van der Waals surface area contributed by atoms with E-state index in [0.717, 1.165) is 12.1 Å². The molecule has 2 atom stereocenters. The SMILES string of the molecule is O=C(N1CCOCC1)N1CC(c2ccc(OC(F)(F)F)cc2)CC(c2nc(-c3cccc(C(F)(F)F)c3)no2)C1. The molecule has 3 heterocycles. The summed E-state index contributed by atoms with van der Waals surface area (Å²) in [5, 5.41) is 3.88. The van der Waals surface area contributed by atoms with Gasteiger partial charge in [-0.1, -0.05) is 29.4 Å². The van der Waals surface area contributed by atoms with Gasteiger partial charge in [-0.25, -0.2) is 4.79 Å². The summed E-state index contributed by atoms with van der Waals surface area (Å²) in [5.41, 5.74) is -0.0513. The minimum absolute atomic E-state index is 0.0251. The molecule has 0 spiro atoms. The number of halogens is 6. The van der Waals surface area contributed by atoms with Crippen LogP contribution in [0.3, 0.4) is 0 Å². The van der Waals surface area contributed by atoms with Crippen molar-refractivity contribution in [1.29, 1.82) is 0 Å². The minimum atomic E-state index is -4.83. The molecular weight excluding hydrogens is 546 g/mol. The van der Waals surface area contributed by atoms with E-state index in [1.54, 1.807) is 9.80 Å². The number of piperidine rings is 1. The van der Waals surface area contributed by atoms with E-state index in [1.165, 1.54) is 36.4 Å². The number of amides is 2. The lowest BCUT2D eigenvalue weighted by Crippen LogP contribution is -2.52. The highest BCUT2D eigenvalue weighted by atomic mass is 19.4. The number of nitrogens with zero attached hydrogens (tertiary/aromatic N) is 4. The van der Waals surface area contributed by atoms with Crippen LogP contribution in [0.2, 0.25) is 0 Å². The Morgan fingerprint density at radius 2 is 1.62 bits per heavy atom. The van der Waals surface area contributed by atoms with Crippen LogP contribution in [-0.4, -0.2) is 71.7 Å². The zero-order valence-electron chi connectivity index (χ0n) is 20.9. The van der Waals surface area contributed by atoms with Gasteiger partial charge < -0.3 is 23.8 Å². The fourth-order valence-electron chi connectivity index (χ4n) is 4.92. The molecule has 1 aromatic heterocycles. The van der Waals surface area contributed by atoms with Gasteiger partial charge >= 0.3 is 18.6 Å². The summed E-state index contributed by atoms with van der Waals surface area (Å²) in [6.45, 7) is 2.13. The Bertz CT molecular complexity index is 1320. The third-order valence-corrected chi connectivity index (χ3v) is 6.83. The van der Waals surface area contributed by atoms with Crippen molar-refractivity contribution in [2.45, 2.75) is 30.8 Å². The van der Waals surface area contributed by atoms with Crippen LogP contribution in [0, 0.1) is 0 Å². The maximum atomic E-state index is 13.4. The van der Waals surface area contributed by atoms with Gasteiger partial charge in [0.05, 0.1) is 24.7 Å². The van der Waals surface area contributed by atoms with Gasteiger partial charge in [-0.05, 0) is 36.2 Å². The average Bonchev–Trinajstić information content (AvgIpc) is 3.43. The summed E-state index contributed by atoms with van der Waals surface area (Å²) in [5.74, 6) is -1.01. The summed E-state index contributed by atoms with van der Waals surface area (Å²) in [6, 6.07) is 9.76. The van der Waals surface area contributed by atoms with Crippen molar-refractivity contribution in [2.75, 3.05) is 39.4 Å².